The molecule has 3 amide bonds. The molecule has 7 aliphatic rings. The second-order valence-electron chi connectivity index (χ2n) is 35.2. The lowest BCUT2D eigenvalue weighted by molar-refractivity contribution is -0.397. The van der Waals surface area contributed by atoms with E-state index in [0.29, 0.717) is 12.8 Å². The van der Waals surface area contributed by atoms with E-state index in [1.54, 1.807) is 6.08 Å². The van der Waals surface area contributed by atoms with Crippen LogP contribution in [0.15, 0.2) is 24.3 Å². The summed E-state index contributed by atoms with van der Waals surface area (Å²) in [5.41, 5.74) is 0. The van der Waals surface area contributed by atoms with Gasteiger partial charge in [0.05, 0.1) is 64.5 Å². The fourth-order valence-corrected chi connectivity index (χ4v) is 17.3. The predicted octanol–water partition coefficient (Wildman–Crippen LogP) is -1.46. The summed E-state index contributed by atoms with van der Waals surface area (Å²) in [5, 5.41) is 233. The van der Waals surface area contributed by atoms with Crippen LogP contribution in [0.3, 0.4) is 0 Å². The second kappa shape index (κ2) is 59.5. The first kappa shape index (κ1) is 112. The van der Waals surface area contributed by atoms with Gasteiger partial charge in [0.15, 0.2) is 44.0 Å². The summed E-state index contributed by atoms with van der Waals surface area (Å²) >= 11 is 0. The molecule has 746 valence electrons. The lowest BCUT2D eigenvalue weighted by Gasteiger charge is -2.52. The van der Waals surface area contributed by atoms with Crippen LogP contribution in [0.2, 0.25) is 0 Å². The maximum absolute atomic E-state index is 13.7. The zero-order chi connectivity index (χ0) is 93.5. The topological polar surface area (TPSA) is 621 Å². The minimum absolute atomic E-state index is 0.149. The number of allylic oxidation sites excluding steroid dienone is 3. The van der Waals surface area contributed by atoms with Crippen molar-refractivity contribution in [1.82, 2.24) is 16.0 Å². The number of hydrogen-bond acceptors (Lipinski definition) is 37. The average molecular weight is 1850 g/mol. The van der Waals surface area contributed by atoms with Gasteiger partial charge in [-0.3, -0.25) is 14.4 Å². The van der Waals surface area contributed by atoms with E-state index in [1.165, 1.54) is 129 Å². The molecule has 7 rings (SSSR count). The maximum Gasteiger partial charge on any atom is 0.220 e. The Kier molecular flexibility index (Phi) is 51.9. The number of carbonyl (C=O) groups is 3. The van der Waals surface area contributed by atoms with Crippen LogP contribution in [0, 0.1) is 0 Å². The van der Waals surface area contributed by atoms with Crippen LogP contribution in [-0.2, 0) is 80.7 Å². The fourth-order valence-electron chi connectivity index (χ4n) is 17.3. The van der Waals surface area contributed by atoms with E-state index in [0.717, 1.165) is 78.1 Å². The molecule has 0 spiro atoms. The van der Waals surface area contributed by atoms with Gasteiger partial charge >= 0.3 is 0 Å². The Morgan fingerprint density at radius 3 is 1.09 bits per heavy atom. The number of aliphatic hydroxyl groups excluding tert-OH is 20. The second-order valence-corrected chi connectivity index (χ2v) is 35.2. The third kappa shape index (κ3) is 33.8. The van der Waals surface area contributed by atoms with Crippen LogP contribution in [0.25, 0.3) is 0 Å². The summed E-state index contributed by atoms with van der Waals surface area (Å²) in [4.78, 5) is 40.1. The normalized spacial score (nSPS) is 37.7. The lowest BCUT2D eigenvalue weighted by atomic mass is 9.93. The monoisotopic (exact) mass is 1850 g/mol. The van der Waals surface area contributed by atoms with Crippen LogP contribution in [0.1, 0.15) is 240 Å². The Bertz CT molecular complexity index is 3070. The Morgan fingerprint density at radius 1 is 0.320 bits per heavy atom. The zero-order valence-electron chi connectivity index (χ0n) is 75.1. The highest BCUT2D eigenvalue weighted by Crippen LogP contribution is 2.40. The zero-order valence-corrected chi connectivity index (χ0v) is 75.1. The highest BCUT2D eigenvalue weighted by Gasteiger charge is 2.60. The van der Waals surface area contributed by atoms with Gasteiger partial charge in [-0.25, -0.2) is 0 Å². The standard InChI is InChI=1S/C88H157N3O37/c1-6-8-10-12-14-16-18-20-21-22-23-24-25-26-27-29-31-33-35-37-39-41-60(101)91-52(53(100)40-38-36-34-32-30-28-19-17-15-13-11-9-7-2)48-115-84-73(112)70(109)77(58(46-96)122-84)124-87-74(113)81(66(105)55(43-93)118-87)128-83-62(90-51(5)99)79(126-85-71(110)68(107)63(102)49(3)116-85)78(59(47-97)121-83)125-88-75(114)80(65(104)56(44-94)119-88)127-82-61(89-50(4)98)67(106)76(57(45-95)120-82)123-86-72(111)69(108)64(103)54(42-92)117-86/h20-21,38,40,49,52-59,61-88,92-97,100,102-114H,6-19,22-37,39,41-48H2,1-5H3,(H,89,98)(H,90,99)(H,91,101)/b21-20-,40-38+/t49?,52-,53+,54?,55?,56?,57?,58?,59?,61?,62?,63+,64-,65-,66-,67+,68?,69-,70+,71-,72?,73?,74?,75?,76+,77+,78+,79+,80-,81-,82-,83-,84+,85+,86-,87-,88-/m0/s1. The van der Waals surface area contributed by atoms with Crippen molar-refractivity contribution in [2.24, 2.45) is 0 Å². The van der Waals surface area contributed by atoms with Gasteiger partial charge in [0.1, 0.15) is 165 Å². The number of carbonyl (C=O) groups excluding carboxylic acids is 3. The molecular weight excluding hydrogens is 1690 g/mol. The van der Waals surface area contributed by atoms with Crippen molar-refractivity contribution in [1.29, 1.82) is 0 Å². The Balaban J connectivity index is 1.03. The minimum Gasteiger partial charge on any atom is -0.394 e. The number of hydrogen-bond donors (Lipinski definition) is 23. The molecule has 0 radical (unpaired) electrons. The first-order valence-electron chi connectivity index (χ1n) is 47.0. The van der Waals surface area contributed by atoms with Gasteiger partial charge in [-0.15, -0.1) is 0 Å². The van der Waals surface area contributed by atoms with Crippen molar-refractivity contribution in [3.05, 3.63) is 24.3 Å². The SMILES string of the molecule is CCCCCCCC/C=C\CCCCCCCCCCCCCC(=O)N[C@@H](CO[C@@H]1OC(CO)[C@@H](O[C@@H]2OC(CO)[C@H](O)[C@H](O[C@@H]3OC(CO)[C@@H](O[C@@H]4OC(CO)[C@H](O)[C@H](O[C@@H]5OC(CO)[C@@H](O[C@@H]6OC(CO)[C@H](O)[C@H](O)C6O)[C@H](O)C5NC(C)=O)C4O)[C@H](O[C@H]4OC(C)[C@@H](O)C(O)[C@@H]4O)C3NC(C)=O)C2O)[C@H](O)C1O)[C@H](O)/C=C/CCCCCCCCCCCCC. The van der Waals surface area contributed by atoms with Gasteiger partial charge in [-0.2, -0.15) is 0 Å². The van der Waals surface area contributed by atoms with Crippen molar-refractivity contribution in [3.8, 4) is 0 Å². The summed E-state index contributed by atoms with van der Waals surface area (Å²) < 4.78 is 84.5. The van der Waals surface area contributed by atoms with Gasteiger partial charge in [0, 0.05) is 20.3 Å². The number of aliphatic hydroxyl groups is 20. The largest absolute Gasteiger partial charge is 0.394 e. The molecule has 7 fully saturated rings. The molecule has 0 aromatic rings. The van der Waals surface area contributed by atoms with Crippen molar-refractivity contribution >= 4 is 17.7 Å². The minimum atomic E-state index is -2.36. The number of nitrogens with one attached hydrogen (secondary N) is 3. The van der Waals surface area contributed by atoms with Crippen LogP contribution in [0.4, 0.5) is 0 Å². The van der Waals surface area contributed by atoms with E-state index >= 15 is 0 Å². The molecular formula is C88H157N3O37. The molecule has 0 bridgehead atoms. The highest BCUT2D eigenvalue weighted by molar-refractivity contribution is 5.76. The van der Waals surface area contributed by atoms with Crippen molar-refractivity contribution in [2.45, 2.75) is 467 Å². The Hall–Kier alpha value is -3.47. The van der Waals surface area contributed by atoms with Crippen molar-refractivity contribution in [3.63, 3.8) is 0 Å². The highest BCUT2D eigenvalue weighted by atomic mass is 16.8. The van der Waals surface area contributed by atoms with Gasteiger partial charge < -0.3 is 184 Å². The summed E-state index contributed by atoms with van der Waals surface area (Å²) in [6.07, 6.45) is -22.8. The van der Waals surface area contributed by atoms with Gasteiger partial charge in [-0.05, 0) is 51.9 Å². The van der Waals surface area contributed by atoms with E-state index in [4.69, 9.17) is 66.3 Å². The summed E-state index contributed by atoms with van der Waals surface area (Å²) in [6, 6.07) is -4.89. The summed E-state index contributed by atoms with van der Waals surface area (Å²) in [7, 11) is 0. The lowest BCUT2D eigenvalue weighted by Crippen LogP contribution is -2.72. The summed E-state index contributed by atoms with van der Waals surface area (Å²) in [6.45, 7) is 0.930. The predicted molar refractivity (Wildman–Crippen MR) is 453 cm³/mol. The van der Waals surface area contributed by atoms with Crippen molar-refractivity contribution in [2.75, 3.05) is 46.2 Å². The molecule has 37 atom stereocenters. The van der Waals surface area contributed by atoms with E-state index in [-0.39, 0.29) is 12.3 Å². The number of amides is 3. The first-order chi connectivity index (χ1) is 61.5. The molecule has 0 saturated carbocycles. The van der Waals surface area contributed by atoms with Gasteiger partial charge in [0.25, 0.3) is 0 Å². The van der Waals surface area contributed by atoms with Gasteiger partial charge in [-0.1, -0.05) is 192 Å². The molecule has 128 heavy (non-hydrogen) atoms. The number of rotatable bonds is 59. The molecule has 7 heterocycles. The first-order valence-corrected chi connectivity index (χ1v) is 47.0. The smallest absolute Gasteiger partial charge is 0.220 e. The van der Waals surface area contributed by atoms with Crippen LogP contribution in [0.5, 0.6) is 0 Å². The van der Waals surface area contributed by atoms with Crippen molar-refractivity contribution < 1.29 is 183 Å². The molecule has 0 aromatic carbocycles. The number of ether oxygens (including phenoxy) is 14. The molecule has 7 aliphatic heterocycles. The Labute approximate surface area is 751 Å². The number of unbranched alkanes of at least 4 members (excludes halogenated alkanes) is 28. The Morgan fingerprint density at radius 2 is 0.648 bits per heavy atom. The molecule has 40 heteroatoms. The van der Waals surface area contributed by atoms with E-state index < -0.39 is 285 Å². The van der Waals surface area contributed by atoms with Crippen LogP contribution >= 0.6 is 0 Å². The third-order valence-corrected chi connectivity index (χ3v) is 25.0. The summed E-state index contributed by atoms with van der Waals surface area (Å²) in [5.74, 6) is -2.18. The van der Waals surface area contributed by atoms with E-state index in [1.807, 2.05) is 6.08 Å². The van der Waals surface area contributed by atoms with Crippen LogP contribution < -0.4 is 16.0 Å². The van der Waals surface area contributed by atoms with Gasteiger partial charge in [0.2, 0.25) is 17.7 Å². The van der Waals surface area contributed by atoms with Crippen LogP contribution in [-0.4, -0.2) is 393 Å². The maximum atomic E-state index is 13.7. The molecule has 0 aliphatic carbocycles. The third-order valence-electron chi connectivity index (χ3n) is 25.0. The quantitative estimate of drug-likeness (QED) is 0.0244. The molecule has 0 aromatic heterocycles. The fraction of sp³-hybridized carbons (Fsp3) is 0.920. The van der Waals surface area contributed by atoms with E-state index in [2.05, 4.69) is 41.9 Å². The average Bonchev–Trinajstić information content (AvgIpc) is 0.753. The van der Waals surface area contributed by atoms with E-state index in [9.17, 15) is 117 Å². The molecule has 40 nitrogen and oxygen atoms in total. The molecule has 14 unspecified atom stereocenters. The molecule has 7 saturated heterocycles. The molecule has 23 N–H and O–H groups in total.